The third kappa shape index (κ3) is 3.47. The van der Waals surface area contributed by atoms with Crippen molar-refractivity contribution < 1.29 is 0 Å². The molecule has 2 rings (SSSR count). The molecule has 0 saturated carbocycles. The molecule has 0 amide bonds. The maximum absolute atomic E-state index is 4.23. The highest BCUT2D eigenvalue weighted by molar-refractivity contribution is 8.07. The van der Waals surface area contributed by atoms with E-state index in [0.29, 0.717) is 11.3 Å². The van der Waals surface area contributed by atoms with Crippen LogP contribution in [-0.4, -0.2) is 44.0 Å². The molecule has 2 heterocycles. The highest BCUT2D eigenvalue weighted by atomic mass is 32.2. The molecule has 3 unspecified atom stereocenters. The molecule has 0 radical (unpaired) electrons. The first-order chi connectivity index (χ1) is 9.31. The summed E-state index contributed by atoms with van der Waals surface area (Å²) in [4.78, 5) is 0. The average Bonchev–Trinajstić information content (AvgIpc) is 2.89. The average molecular weight is 300 g/mol. The van der Waals surface area contributed by atoms with E-state index in [0.717, 1.165) is 18.2 Å². The fraction of sp³-hybridized carbons (Fsp3) is 0.846. The number of nitrogens with zero attached hydrogens (tertiary/aromatic N) is 3. The molecule has 4 nitrogen and oxygen atoms in total. The second-order valence-corrected chi connectivity index (χ2v) is 7.43. The Morgan fingerprint density at radius 1 is 1.42 bits per heavy atom. The zero-order valence-corrected chi connectivity index (χ0v) is 13.6. The summed E-state index contributed by atoms with van der Waals surface area (Å²) in [5.74, 6) is 2.53. The minimum Gasteiger partial charge on any atom is -0.311 e. The lowest BCUT2D eigenvalue weighted by Crippen LogP contribution is -2.38. The summed E-state index contributed by atoms with van der Waals surface area (Å²) in [6.45, 7) is 5.43. The Labute approximate surface area is 124 Å². The number of aromatic nitrogens is 3. The van der Waals surface area contributed by atoms with Crippen molar-refractivity contribution in [2.24, 2.45) is 0 Å². The van der Waals surface area contributed by atoms with Gasteiger partial charge in [-0.25, -0.2) is 4.68 Å². The number of nitrogens with one attached hydrogen (secondary N) is 1. The third-order valence-corrected chi connectivity index (χ3v) is 6.89. The molecule has 1 aromatic heterocycles. The van der Waals surface area contributed by atoms with E-state index in [-0.39, 0.29) is 0 Å². The number of thioether (sulfide) groups is 2. The number of rotatable bonds is 6. The van der Waals surface area contributed by atoms with Gasteiger partial charge in [-0.05, 0) is 19.9 Å². The maximum atomic E-state index is 4.23. The van der Waals surface area contributed by atoms with E-state index in [1.54, 1.807) is 0 Å². The first kappa shape index (κ1) is 15.2. The maximum Gasteiger partial charge on any atom is 0.0768 e. The van der Waals surface area contributed by atoms with Crippen molar-refractivity contribution in [1.29, 1.82) is 0 Å². The molecule has 3 atom stereocenters. The zero-order chi connectivity index (χ0) is 13.7. The molecule has 0 spiro atoms. The molecule has 0 aromatic carbocycles. The van der Waals surface area contributed by atoms with Gasteiger partial charge in [0.1, 0.15) is 0 Å². The Morgan fingerprint density at radius 3 is 2.89 bits per heavy atom. The van der Waals surface area contributed by atoms with Gasteiger partial charge >= 0.3 is 0 Å². The fourth-order valence-electron chi connectivity index (χ4n) is 2.62. The molecule has 1 fully saturated rings. The minimum atomic E-state index is 0.351. The summed E-state index contributed by atoms with van der Waals surface area (Å²) in [7, 11) is 2.06. The van der Waals surface area contributed by atoms with Gasteiger partial charge in [0.05, 0.1) is 17.9 Å². The van der Waals surface area contributed by atoms with E-state index < -0.39 is 0 Å². The van der Waals surface area contributed by atoms with Crippen molar-refractivity contribution in [1.82, 2.24) is 20.3 Å². The Balaban J connectivity index is 2.19. The molecule has 1 saturated heterocycles. The largest absolute Gasteiger partial charge is 0.311 e. The van der Waals surface area contributed by atoms with Gasteiger partial charge in [0.15, 0.2) is 0 Å². The lowest BCUT2D eigenvalue weighted by molar-refractivity contribution is 0.472. The SMILES string of the molecule is CCCn1nncc1C(NC)C1SCCSC1CC. The lowest BCUT2D eigenvalue weighted by Gasteiger charge is -2.35. The van der Waals surface area contributed by atoms with Gasteiger partial charge in [-0.3, -0.25) is 0 Å². The van der Waals surface area contributed by atoms with Gasteiger partial charge in [-0.2, -0.15) is 23.5 Å². The molecular formula is C13H24N4S2. The van der Waals surface area contributed by atoms with Crippen LogP contribution in [0.1, 0.15) is 38.4 Å². The second-order valence-electron chi connectivity index (χ2n) is 4.80. The summed E-state index contributed by atoms with van der Waals surface area (Å²) in [5.41, 5.74) is 1.24. The molecule has 0 aliphatic carbocycles. The molecule has 0 bridgehead atoms. The van der Waals surface area contributed by atoms with Crippen molar-refractivity contribution >= 4 is 23.5 Å². The van der Waals surface area contributed by atoms with Crippen LogP contribution in [0, 0.1) is 0 Å². The van der Waals surface area contributed by atoms with Gasteiger partial charge in [0.25, 0.3) is 0 Å². The van der Waals surface area contributed by atoms with Gasteiger partial charge in [-0.15, -0.1) is 5.10 Å². The van der Waals surface area contributed by atoms with Crippen LogP contribution in [0.15, 0.2) is 6.20 Å². The molecular weight excluding hydrogens is 276 g/mol. The van der Waals surface area contributed by atoms with Crippen molar-refractivity contribution in [2.45, 2.75) is 49.8 Å². The minimum absolute atomic E-state index is 0.351. The summed E-state index contributed by atoms with van der Waals surface area (Å²) < 4.78 is 2.06. The molecule has 19 heavy (non-hydrogen) atoms. The van der Waals surface area contributed by atoms with Crippen LogP contribution in [-0.2, 0) is 6.54 Å². The van der Waals surface area contributed by atoms with E-state index >= 15 is 0 Å². The van der Waals surface area contributed by atoms with Crippen LogP contribution in [0.3, 0.4) is 0 Å². The van der Waals surface area contributed by atoms with Gasteiger partial charge in [0, 0.05) is 28.6 Å². The molecule has 1 aliphatic heterocycles. The quantitative estimate of drug-likeness (QED) is 0.874. The standard InChI is InChI=1S/C13H24N4S2/c1-4-6-17-10(9-15-16-17)12(14-3)13-11(5-2)18-7-8-19-13/h9,11-14H,4-8H2,1-3H3. The monoisotopic (exact) mass is 300 g/mol. The number of hydrogen-bond donors (Lipinski definition) is 1. The van der Waals surface area contributed by atoms with Crippen molar-refractivity contribution in [3.05, 3.63) is 11.9 Å². The van der Waals surface area contributed by atoms with Crippen LogP contribution in [0.2, 0.25) is 0 Å². The summed E-state index contributed by atoms with van der Waals surface area (Å²) in [6, 6.07) is 0.351. The van der Waals surface area contributed by atoms with Crippen molar-refractivity contribution in [3.63, 3.8) is 0 Å². The smallest absolute Gasteiger partial charge is 0.0768 e. The third-order valence-electron chi connectivity index (χ3n) is 3.54. The van der Waals surface area contributed by atoms with Gasteiger partial charge in [-0.1, -0.05) is 19.1 Å². The van der Waals surface area contributed by atoms with E-state index in [9.17, 15) is 0 Å². The molecule has 1 aromatic rings. The highest BCUT2D eigenvalue weighted by Gasteiger charge is 2.34. The topological polar surface area (TPSA) is 42.7 Å². The predicted molar refractivity (Wildman–Crippen MR) is 84.9 cm³/mol. The van der Waals surface area contributed by atoms with Crippen LogP contribution in [0.25, 0.3) is 0 Å². The Hall–Kier alpha value is -0.200. The van der Waals surface area contributed by atoms with Crippen LogP contribution in [0.4, 0.5) is 0 Å². The molecule has 108 valence electrons. The van der Waals surface area contributed by atoms with Crippen LogP contribution in [0.5, 0.6) is 0 Å². The predicted octanol–water partition coefficient (Wildman–Crippen LogP) is 2.58. The first-order valence-electron chi connectivity index (χ1n) is 7.10. The lowest BCUT2D eigenvalue weighted by atomic mass is 10.1. The van der Waals surface area contributed by atoms with E-state index in [1.165, 1.54) is 23.6 Å². The summed E-state index contributed by atoms with van der Waals surface area (Å²) in [5, 5.41) is 13.2. The molecule has 6 heteroatoms. The number of aryl methyl sites for hydroxylation is 1. The first-order valence-corrected chi connectivity index (χ1v) is 9.20. The van der Waals surface area contributed by atoms with E-state index in [2.05, 4.69) is 64.7 Å². The molecule has 1 N–H and O–H groups in total. The van der Waals surface area contributed by atoms with Crippen molar-refractivity contribution in [2.75, 3.05) is 18.6 Å². The Kier molecular flexibility index (Phi) is 6.04. The second kappa shape index (κ2) is 7.55. The fourth-order valence-corrected chi connectivity index (χ4v) is 5.89. The summed E-state index contributed by atoms with van der Waals surface area (Å²) >= 11 is 4.22. The van der Waals surface area contributed by atoms with E-state index in [1.807, 2.05) is 6.20 Å². The highest BCUT2D eigenvalue weighted by Crippen LogP contribution is 2.39. The number of hydrogen-bond acceptors (Lipinski definition) is 5. The van der Waals surface area contributed by atoms with Crippen molar-refractivity contribution in [3.8, 4) is 0 Å². The summed E-state index contributed by atoms with van der Waals surface area (Å²) in [6.07, 6.45) is 4.26. The van der Waals surface area contributed by atoms with Gasteiger partial charge < -0.3 is 5.32 Å². The normalized spacial score (nSPS) is 25.4. The Morgan fingerprint density at radius 2 is 2.21 bits per heavy atom. The van der Waals surface area contributed by atoms with Crippen LogP contribution < -0.4 is 5.32 Å². The van der Waals surface area contributed by atoms with Crippen LogP contribution >= 0.6 is 23.5 Å². The van der Waals surface area contributed by atoms with E-state index in [4.69, 9.17) is 0 Å². The molecule has 1 aliphatic rings. The van der Waals surface area contributed by atoms with Gasteiger partial charge in [0.2, 0.25) is 0 Å². The zero-order valence-electron chi connectivity index (χ0n) is 12.0. The Bertz CT molecular complexity index is 382.